The van der Waals surface area contributed by atoms with Crippen molar-refractivity contribution in [2.24, 2.45) is 0 Å². The van der Waals surface area contributed by atoms with Crippen LogP contribution in [0.3, 0.4) is 0 Å². The Balaban J connectivity index is 2.01. The molecule has 0 saturated carbocycles. The van der Waals surface area contributed by atoms with Crippen molar-refractivity contribution in [1.82, 2.24) is 5.32 Å². The Kier molecular flexibility index (Phi) is 4.83. The van der Waals surface area contributed by atoms with E-state index >= 15 is 0 Å². The summed E-state index contributed by atoms with van der Waals surface area (Å²) in [6.45, 7) is 3.21. The van der Waals surface area contributed by atoms with E-state index in [1.54, 1.807) is 18.4 Å². The molecule has 2 aromatic rings. The number of nitrogens with one attached hydrogen (secondary N) is 1. The Morgan fingerprint density at radius 2 is 2.28 bits per heavy atom. The summed E-state index contributed by atoms with van der Waals surface area (Å²) >= 11 is 7.71. The highest BCUT2D eigenvalue weighted by Crippen LogP contribution is 2.23. The van der Waals surface area contributed by atoms with Gasteiger partial charge in [0.15, 0.2) is 0 Å². The number of furan rings is 1. The molecule has 0 spiro atoms. The summed E-state index contributed by atoms with van der Waals surface area (Å²) in [5.74, 6) is 1.80. The van der Waals surface area contributed by atoms with Gasteiger partial charge >= 0.3 is 0 Å². The minimum absolute atomic E-state index is 0.0434. The number of hydrogen-bond donors (Lipinski definition) is 1. The predicted octanol–water partition coefficient (Wildman–Crippen LogP) is 3.78. The third kappa shape index (κ3) is 3.36. The Labute approximate surface area is 116 Å². The minimum Gasteiger partial charge on any atom is -0.465 e. The van der Waals surface area contributed by atoms with E-state index in [1.165, 1.54) is 0 Å². The minimum atomic E-state index is 0.0434. The second-order valence-corrected chi connectivity index (χ2v) is 5.44. The summed E-state index contributed by atoms with van der Waals surface area (Å²) in [4.78, 5) is 1.13. The number of aryl methyl sites for hydroxylation is 1. The molecule has 0 aliphatic rings. The number of hydrogen-bond acceptors (Lipinski definition) is 4. The zero-order chi connectivity index (χ0) is 13.0. The number of thiophene rings is 1. The first-order chi connectivity index (χ1) is 8.70. The van der Waals surface area contributed by atoms with Gasteiger partial charge in [0.2, 0.25) is 0 Å². The summed E-state index contributed by atoms with van der Waals surface area (Å²) < 4.78 is 10.8. The molecule has 0 fully saturated rings. The Hall–Kier alpha value is -0.810. The van der Waals surface area contributed by atoms with E-state index in [1.807, 2.05) is 30.5 Å². The van der Waals surface area contributed by atoms with Crippen molar-refractivity contribution in [3.8, 4) is 0 Å². The first-order valence-corrected chi connectivity index (χ1v) is 6.97. The van der Waals surface area contributed by atoms with Gasteiger partial charge in [-0.15, -0.1) is 11.3 Å². The highest BCUT2D eigenvalue weighted by atomic mass is 35.5. The van der Waals surface area contributed by atoms with Crippen LogP contribution < -0.4 is 5.32 Å². The average Bonchev–Trinajstić information content (AvgIpc) is 2.94. The van der Waals surface area contributed by atoms with Crippen LogP contribution in [-0.2, 0) is 11.3 Å². The topological polar surface area (TPSA) is 34.4 Å². The predicted molar refractivity (Wildman–Crippen MR) is 74.2 cm³/mol. The van der Waals surface area contributed by atoms with E-state index in [0.717, 1.165) is 21.4 Å². The van der Waals surface area contributed by atoms with Crippen molar-refractivity contribution in [2.45, 2.75) is 19.5 Å². The van der Waals surface area contributed by atoms with Gasteiger partial charge in [-0.1, -0.05) is 11.6 Å². The monoisotopic (exact) mass is 285 g/mol. The van der Waals surface area contributed by atoms with Gasteiger partial charge in [-0.05, 0) is 30.5 Å². The molecule has 0 aromatic carbocycles. The van der Waals surface area contributed by atoms with Gasteiger partial charge in [0, 0.05) is 18.5 Å². The molecular formula is C13H16ClNO2S. The van der Waals surface area contributed by atoms with E-state index in [9.17, 15) is 0 Å². The molecule has 2 rings (SSSR count). The third-order valence-electron chi connectivity index (χ3n) is 2.64. The molecule has 1 atom stereocenters. The fraction of sp³-hybridized carbons (Fsp3) is 0.385. The Morgan fingerprint density at radius 1 is 1.44 bits per heavy atom. The maximum Gasteiger partial charge on any atom is 0.123 e. The summed E-state index contributed by atoms with van der Waals surface area (Å²) in [6.07, 6.45) is 0. The van der Waals surface area contributed by atoms with Crippen LogP contribution in [-0.4, -0.2) is 13.7 Å². The van der Waals surface area contributed by atoms with Crippen molar-refractivity contribution in [3.05, 3.63) is 45.0 Å². The highest BCUT2D eigenvalue weighted by molar-refractivity contribution is 7.10. The van der Waals surface area contributed by atoms with Gasteiger partial charge in [0.05, 0.1) is 17.7 Å². The molecule has 0 radical (unpaired) electrons. The van der Waals surface area contributed by atoms with Crippen LogP contribution in [0, 0.1) is 6.92 Å². The van der Waals surface area contributed by atoms with Gasteiger partial charge in [0.1, 0.15) is 11.5 Å². The molecule has 0 aliphatic carbocycles. The lowest BCUT2D eigenvalue weighted by molar-refractivity contribution is 0.156. The third-order valence-corrected chi connectivity index (χ3v) is 4.03. The number of methoxy groups -OCH3 is 1. The molecule has 3 nitrogen and oxygen atoms in total. The zero-order valence-corrected chi connectivity index (χ0v) is 12.0. The first-order valence-electron chi connectivity index (χ1n) is 5.71. The number of halogens is 1. The van der Waals surface area contributed by atoms with E-state index in [0.29, 0.717) is 13.2 Å². The zero-order valence-electron chi connectivity index (χ0n) is 10.4. The Bertz CT molecular complexity index is 495. The van der Waals surface area contributed by atoms with Gasteiger partial charge in [-0.25, -0.2) is 0 Å². The van der Waals surface area contributed by atoms with Crippen LogP contribution in [0.5, 0.6) is 0 Å². The lowest BCUT2D eigenvalue weighted by Crippen LogP contribution is -2.24. The quantitative estimate of drug-likeness (QED) is 0.877. The molecule has 1 N–H and O–H groups in total. The van der Waals surface area contributed by atoms with Gasteiger partial charge in [-0.2, -0.15) is 0 Å². The normalized spacial score (nSPS) is 12.8. The summed E-state index contributed by atoms with van der Waals surface area (Å²) in [5, 5.41) is 6.19. The van der Waals surface area contributed by atoms with Crippen LogP contribution in [0.4, 0.5) is 0 Å². The fourth-order valence-corrected chi connectivity index (χ4v) is 2.77. The molecule has 0 aliphatic heterocycles. The maximum absolute atomic E-state index is 6.07. The molecule has 0 bridgehead atoms. The standard InChI is InChI=1S/C13H16ClNO2S/c1-9-3-4-12(17-9)11(8-16-2)15-7-13-10(14)5-6-18-13/h3-6,11,15H,7-8H2,1-2H3. The average molecular weight is 286 g/mol. The van der Waals surface area contributed by atoms with Gasteiger partial charge in [0.25, 0.3) is 0 Å². The lowest BCUT2D eigenvalue weighted by Gasteiger charge is -2.15. The van der Waals surface area contributed by atoms with E-state index in [4.69, 9.17) is 20.8 Å². The largest absolute Gasteiger partial charge is 0.465 e. The molecule has 5 heteroatoms. The van der Waals surface area contributed by atoms with Crippen LogP contribution in [0.2, 0.25) is 5.02 Å². The first kappa shape index (κ1) is 13.6. The van der Waals surface area contributed by atoms with Crippen molar-refractivity contribution in [1.29, 1.82) is 0 Å². The van der Waals surface area contributed by atoms with Crippen molar-refractivity contribution < 1.29 is 9.15 Å². The summed E-state index contributed by atoms with van der Waals surface area (Å²) in [7, 11) is 1.68. The Morgan fingerprint density at radius 3 is 2.83 bits per heavy atom. The smallest absolute Gasteiger partial charge is 0.123 e. The van der Waals surface area contributed by atoms with Crippen LogP contribution in [0.1, 0.15) is 22.4 Å². The number of ether oxygens (including phenoxy) is 1. The molecule has 0 amide bonds. The second kappa shape index (κ2) is 6.38. The van der Waals surface area contributed by atoms with Crippen molar-refractivity contribution in [2.75, 3.05) is 13.7 Å². The van der Waals surface area contributed by atoms with Crippen molar-refractivity contribution >= 4 is 22.9 Å². The molecule has 18 heavy (non-hydrogen) atoms. The molecule has 0 saturated heterocycles. The van der Waals surface area contributed by atoms with E-state index in [2.05, 4.69) is 5.32 Å². The summed E-state index contributed by atoms with van der Waals surface area (Å²) in [6, 6.07) is 5.88. The van der Waals surface area contributed by atoms with Crippen LogP contribution in [0.15, 0.2) is 28.0 Å². The fourth-order valence-electron chi connectivity index (χ4n) is 1.72. The van der Waals surface area contributed by atoms with Crippen LogP contribution in [0.25, 0.3) is 0 Å². The maximum atomic E-state index is 6.07. The highest BCUT2D eigenvalue weighted by Gasteiger charge is 2.15. The number of rotatable bonds is 6. The molecule has 1 unspecified atom stereocenters. The van der Waals surface area contributed by atoms with Gasteiger partial charge in [-0.3, -0.25) is 0 Å². The second-order valence-electron chi connectivity index (χ2n) is 4.03. The van der Waals surface area contributed by atoms with Crippen LogP contribution >= 0.6 is 22.9 Å². The SMILES string of the molecule is COCC(NCc1sccc1Cl)c1ccc(C)o1. The molecule has 2 heterocycles. The van der Waals surface area contributed by atoms with E-state index < -0.39 is 0 Å². The lowest BCUT2D eigenvalue weighted by atomic mass is 10.2. The van der Waals surface area contributed by atoms with Crippen molar-refractivity contribution in [3.63, 3.8) is 0 Å². The summed E-state index contributed by atoms with van der Waals surface area (Å²) in [5.41, 5.74) is 0. The van der Waals surface area contributed by atoms with E-state index in [-0.39, 0.29) is 6.04 Å². The molecular weight excluding hydrogens is 270 g/mol. The van der Waals surface area contributed by atoms with Gasteiger partial charge < -0.3 is 14.5 Å². The molecule has 2 aromatic heterocycles. The molecule has 98 valence electrons.